The maximum atomic E-state index is 12.6. The summed E-state index contributed by atoms with van der Waals surface area (Å²) >= 11 is 5.35. The summed E-state index contributed by atoms with van der Waals surface area (Å²) < 4.78 is 12.6. The topological polar surface area (TPSA) is 42.9 Å². The molecular weight excluding hydrogens is 171 g/mol. The van der Waals surface area contributed by atoms with Crippen LogP contribution in [0.2, 0.25) is 5.28 Å². The van der Waals surface area contributed by atoms with Crippen molar-refractivity contribution in [3.63, 3.8) is 0 Å². The van der Waals surface area contributed by atoms with Crippen LogP contribution in [0.3, 0.4) is 0 Å². The number of halogens is 2. The Kier molecular flexibility index (Phi) is 2.48. The quantitative estimate of drug-likeness (QED) is 0.497. The Balaban J connectivity index is 3.01. The molecule has 0 fully saturated rings. The molecular formula is C6H4ClFN2O. The van der Waals surface area contributed by atoms with Crippen LogP contribution in [-0.2, 0) is 11.2 Å². The molecule has 0 atom stereocenters. The van der Waals surface area contributed by atoms with E-state index >= 15 is 0 Å². The maximum Gasteiger partial charge on any atom is 0.222 e. The fourth-order valence-electron chi connectivity index (χ4n) is 0.600. The zero-order valence-corrected chi connectivity index (χ0v) is 6.18. The maximum absolute atomic E-state index is 12.6. The molecule has 3 nitrogen and oxygen atoms in total. The van der Waals surface area contributed by atoms with Gasteiger partial charge < -0.3 is 4.79 Å². The number of carbonyl (C=O) groups excluding carboxylic acids is 1. The molecule has 0 unspecified atom stereocenters. The summed E-state index contributed by atoms with van der Waals surface area (Å²) in [6.07, 6.45) is 1.42. The second kappa shape index (κ2) is 3.39. The third-order valence-corrected chi connectivity index (χ3v) is 1.25. The van der Waals surface area contributed by atoms with E-state index in [9.17, 15) is 9.18 Å². The molecule has 1 aromatic heterocycles. The van der Waals surface area contributed by atoms with Gasteiger partial charge in [0.25, 0.3) is 0 Å². The van der Waals surface area contributed by atoms with Crippen LogP contribution in [-0.4, -0.2) is 16.3 Å². The summed E-state index contributed by atoms with van der Waals surface area (Å²) in [6.45, 7) is 0. The molecule has 0 saturated carbocycles. The highest BCUT2D eigenvalue weighted by atomic mass is 35.5. The van der Waals surface area contributed by atoms with Crippen molar-refractivity contribution in [2.45, 2.75) is 6.42 Å². The zero-order chi connectivity index (χ0) is 8.27. The van der Waals surface area contributed by atoms with E-state index in [-0.39, 0.29) is 17.4 Å². The number of nitrogens with zero attached hydrogens (tertiary/aromatic N) is 2. The Morgan fingerprint density at radius 1 is 1.73 bits per heavy atom. The van der Waals surface area contributed by atoms with E-state index in [1.54, 1.807) is 0 Å². The third-order valence-electron chi connectivity index (χ3n) is 1.06. The highest BCUT2D eigenvalue weighted by Gasteiger charge is 2.03. The number of hydrogen-bond donors (Lipinski definition) is 0. The first-order valence-corrected chi connectivity index (χ1v) is 3.22. The standard InChI is InChI=1S/C6H4ClFN2O/c7-6-9-3-4(8)5(10-6)1-2-11/h2-3H,1H2. The summed E-state index contributed by atoms with van der Waals surface area (Å²) in [5.41, 5.74) is 0.0278. The van der Waals surface area contributed by atoms with Crippen LogP contribution in [0.4, 0.5) is 4.39 Å². The van der Waals surface area contributed by atoms with Crippen LogP contribution >= 0.6 is 11.6 Å². The van der Waals surface area contributed by atoms with Gasteiger partial charge >= 0.3 is 0 Å². The van der Waals surface area contributed by atoms with Gasteiger partial charge in [0, 0.05) is 6.42 Å². The van der Waals surface area contributed by atoms with E-state index in [0.29, 0.717) is 6.29 Å². The molecule has 58 valence electrons. The number of aldehydes is 1. The van der Waals surface area contributed by atoms with Crippen molar-refractivity contribution in [2.75, 3.05) is 0 Å². The molecule has 0 radical (unpaired) electrons. The molecule has 11 heavy (non-hydrogen) atoms. The van der Waals surface area contributed by atoms with Gasteiger partial charge in [-0.2, -0.15) is 0 Å². The summed E-state index contributed by atoms with van der Waals surface area (Å²) in [7, 11) is 0. The minimum atomic E-state index is -0.610. The molecule has 0 N–H and O–H groups in total. The minimum absolute atomic E-state index is 0.0278. The molecule has 1 rings (SSSR count). The lowest BCUT2D eigenvalue weighted by Gasteiger charge is -1.95. The van der Waals surface area contributed by atoms with Crippen LogP contribution in [0.1, 0.15) is 5.69 Å². The van der Waals surface area contributed by atoms with Gasteiger partial charge in [-0.25, -0.2) is 14.4 Å². The Labute approximate surface area is 67.2 Å². The van der Waals surface area contributed by atoms with E-state index in [4.69, 9.17) is 11.6 Å². The van der Waals surface area contributed by atoms with Crippen molar-refractivity contribution in [3.8, 4) is 0 Å². The Hall–Kier alpha value is -1.03. The van der Waals surface area contributed by atoms with Crippen LogP contribution in [0.25, 0.3) is 0 Å². The van der Waals surface area contributed by atoms with Crippen molar-refractivity contribution in [3.05, 3.63) is 23.0 Å². The van der Waals surface area contributed by atoms with E-state index in [2.05, 4.69) is 9.97 Å². The Bertz CT molecular complexity index is 279. The van der Waals surface area contributed by atoms with Gasteiger partial charge in [-0.05, 0) is 11.6 Å². The second-order valence-electron chi connectivity index (χ2n) is 1.80. The zero-order valence-electron chi connectivity index (χ0n) is 5.42. The number of rotatable bonds is 2. The van der Waals surface area contributed by atoms with E-state index in [1.807, 2.05) is 0 Å². The van der Waals surface area contributed by atoms with E-state index in [1.165, 1.54) is 0 Å². The van der Waals surface area contributed by atoms with Crippen LogP contribution in [0.15, 0.2) is 6.20 Å². The second-order valence-corrected chi connectivity index (χ2v) is 2.14. The van der Waals surface area contributed by atoms with Gasteiger partial charge in [0.2, 0.25) is 5.28 Å². The normalized spacial score (nSPS) is 9.64. The fraction of sp³-hybridized carbons (Fsp3) is 0.167. The first-order valence-electron chi connectivity index (χ1n) is 2.84. The monoisotopic (exact) mass is 174 g/mol. The van der Waals surface area contributed by atoms with Gasteiger partial charge in [0.15, 0.2) is 5.82 Å². The Morgan fingerprint density at radius 2 is 2.45 bits per heavy atom. The highest BCUT2D eigenvalue weighted by molar-refractivity contribution is 6.28. The Morgan fingerprint density at radius 3 is 3.09 bits per heavy atom. The predicted molar refractivity (Wildman–Crippen MR) is 36.8 cm³/mol. The van der Waals surface area contributed by atoms with Crippen molar-refractivity contribution < 1.29 is 9.18 Å². The largest absolute Gasteiger partial charge is 0.303 e. The van der Waals surface area contributed by atoms with Gasteiger partial charge in [-0.1, -0.05) is 0 Å². The lowest BCUT2D eigenvalue weighted by atomic mass is 10.3. The molecule has 1 heterocycles. The van der Waals surface area contributed by atoms with E-state index in [0.717, 1.165) is 6.20 Å². The average Bonchev–Trinajstić information content (AvgIpc) is 1.98. The van der Waals surface area contributed by atoms with Gasteiger partial charge in [0.05, 0.1) is 11.9 Å². The van der Waals surface area contributed by atoms with Gasteiger partial charge in [-0.3, -0.25) is 0 Å². The third kappa shape index (κ3) is 1.94. The molecule has 0 aliphatic heterocycles. The minimum Gasteiger partial charge on any atom is -0.303 e. The highest BCUT2D eigenvalue weighted by Crippen LogP contribution is 2.05. The molecule has 0 aliphatic rings. The van der Waals surface area contributed by atoms with Crippen molar-refractivity contribution in [2.24, 2.45) is 0 Å². The van der Waals surface area contributed by atoms with Gasteiger partial charge in [0.1, 0.15) is 6.29 Å². The van der Waals surface area contributed by atoms with E-state index < -0.39 is 5.82 Å². The number of hydrogen-bond acceptors (Lipinski definition) is 3. The van der Waals surface area contributed by atoms with Crippen molar-refractivity contribution >= 4 is 17.9 Å². The number of aromatic nitrogens is 2. The van der Waals surface area contributed by atoms with Crippen molar-refractivity contribution in [1.82, 2.24) is 9.97 Å². The van der Waals surface area contributed by atoms with Gasteiger partial charge in [-0.15, -0.1) is 0 Å². The smallest absolute Gasteiger partial charge is 0.222 e. The summed E-state index contributed by atoms with van der Waals surface area (Å²) in [5, 5.41) is -0.0525. The molecule has 0 aliphatic carbocycles. The summed E-state index contributed by atoms with van der Waals surface area (Å²) in [5.74, 6) is -0.610. The molecule has 0 spiro atoms. The first-order chi connectivity index (χ1) is 5.24. The fourth-order valence-corrected chi connectivity index (χ4v) is 0.751. The molecule has 5 heteroatoms. The SMILES string of the molecule is O=CCc1nc(Cl)ncc1F. The number of carbonyl (C=O) groups is 1. The first kappa shape index (κ1) is 8.07. The summed E-state index contributed by atoms with van der Waals surface area (Å²) in [6, 6.07) is 0. The molecule has 0 saturated heterocycles. The average molecular weight is 175 g/mol. The molecule has 1 aromatic rings. The molecule has 0 aromatic carbocycles. The van der Waals surface area contributed by atoms with Crippen molar-refractivity contribution in [1.29, 1.82) is 0 Å². The summed E-state index contributed by atoms with van der Waals surface area (Å²) in [4.78, 5) is 16.9. The molecule has 0 amide bonds. The molecule has 0 bridgehead atoms. The van der Waals surface area contributed by atoms with Crippen LogP contribution in [0, 0.1) is 5.82 Å². The predicted octanol–water partition coefficient (Wildman–Crippen LogP) is 1.01. The lowest BCUT2D eigenvalue weighted by Crippen LogP contribution is -1.97. The van der Waals surface area contributed by atoms with Crippen LogP contribution < -0.4 is 0 Å². The lowest BCUT2D eigenvalue weighted by molar-refractivity contribution is -0.107. The van der Waals surface area contributed by atoms with Crippen LogP contribution in [0.5, 0.6) is 0 Å².